The fraction of sp³-hybridized carbons (Fsp3) is 0.200. The van der Waals surface area contributed by atoms with Crippen LogP contribution in [-0.4, -0.2) is 22.3 Å². The van der Waals surface area contributed by atoms with Crippen LogP contribution in [0.5, 0.6) is 0 Å². The quantitative estimate of drug-likeness (QED) is 0.880. The number of pyridine rings is 1. The Kier molecular flexibility index (Phi) is 4.58. The molecule has 5 heteroatoms. The molecule has 20 heavy (non-hydrogen) atoms. The number of carbonyl (C=O) groups excluding carboxylic acids is 1. The van der Waals surface area contributed by atoms with E-state index in [1.54, 1.807) is 17.0 Å². The first-order valence-corrected chi connectivity index (χ1v) is 6.73. The maximum atomic E-state index is 12.4. The number of rotatable bonds is 4. The molecule has 0 spiro atoms. The zero-order valence-electron chi connectivity index (χ0n) is 11.2. The molecule has 0 aliphatic rings. The first kappa shape index (κ1) is 14.3. The summed E-state index contributed by atoms with van der Waals surface area (Å²) in [6.07, 6.45) is 1.48. The second-order valence-electron chi connectivity index (χ2n) is 4.43. The van der Waals surface area contributed by atoms with Crippen LogP contribution >= 0.6 is 11.6 Å². The van der Waals surface area contributed by atoms with Gasteiger partial charge in [0.25, 0.3) is 5.91 Å². The van der Waals surface area contributed by atoms with Crippen LogP contribution in [0.3, 0.4) is 0 Å². The van der Waals surface area contributed by atoms with Gasteiger partial charge in [-0.25, -0.2) is 4.98 Å². The van der Waals surface area contributed by atoms with Gasteiger partial charge in [-0.15, -0.1) is 0 Å². The first-order valence-electron chi connectivity index (χ1n) is 6.35. The monoisotopic (exact) mass is 289 g/mol. The molecule has 2 aromatic rings. The van der Waals surface area contributed by atoms with Gasteiger partial charge in [-0.3, -0.25) is 4.79 Å². The Labute approximate surface area is 123 Å². The lowest BCUT2D eigenvalue weighted by Crippen LogP contribution is -2.30. The van der Waals surface area contributed by atoms with E-state index in [0.29, 0.717) is 29.5 Å². The van der Waals surface area contributed by atoms with E-state index in [1.807, 2.05) is 31.2 Å². The van der Waals surface area contributed by atoms with E-state index in [-0.39, 0.29) is 5.91 Å². The van der Waals surface area contributed by atoms with Gasteiger partial charge in [0.15, 0.2) is 0 Å². The van der Waals surface area contributed by atoms with Crippen molar-refractivity contribution in [2.45, 2.75) is 13.5 Å². The van der Waals surface area contributed by atoms with Crippen LogP contribution in [0.25, 0.3) is 0 Å². The summed E-state index contributed by atoms with van der Waals surface area (Å²) in [5.41, 5.74) is 7.82. The zero-order chi connectivity index (χ0) is 14.5. The normalized spacial score (nSPS) is 10.3. The van der Waals surface area contributed by atoms with Crippen LogP contribution in [0.15, 0.2) is 42.6 Å². The molecular weight excluding hydrogens is 274 g/mol. The van der Waals surface area contributed by atoms with Crippen LogP contribution in [0.2, 0.25) is 5.02 Å². The van der Waals surface area contributed by atoms with Gasteiger partial charge >= 0.3 is 0 Å². The Balaban J connectivity index is 2.15. The number of anilines is 1. The number of amides is 1. The van der Waals surface area contributed by atoms with Crippen molar-refractivity contribution in [1.29, 1.82) is 0 Å². The molecule has 1 aromatic carbocycles. The predicted molar refractivity (Wildman–Crippen MR) is 80.5 cm³/mol. The molecule has 1 amide bonds. The smallest absolute Gasteiger partial charge is 0.272 e. The molecule has 1 aromatic heterocycles. The Bertz CT molecular complexity index is 598. The molecular formula is C15H16ClN3O. The van der Waals surface area contributed by atoms with E-state index >= 15 is 0 Å². The fourth-order valence-electron chi connectivity index (χ4n) is 1.90. The van der Waals surface area contributed by atoms with Gasteiger partial charge in [-0.05, 0) is 36.8 Å². The van der Waals surface area contributed by atoms with Crippen molar-refractivity contribution in [2.24, 2.45) is 0 Å². The zero-order valence-corrected chi connectivity index (χ0v) is 12.0. The highest BCUT2D eigenvalue weighted by Crippen LogP contribution is 2.13. The Morgan fingerprint density at radius 1 is 1.35 bits per heavy atom. The maximum absolute atomic E-state index is 12.4. The second-order valence-corrected chi connectivity index (χ2v) is 4.86. The Morgan fingerprint density at radius 2 is 2.15 bits per heavy atom. The molecule has 0 radical (unpaired) electrons. The number of hydrogen-bond acceptors (Lipinski definition) is 3. The van der Waals surface area contributed by atoms with E-state index in [2.05, 4.69) is 4.98 Å². The van der Waals surface area contributed by atoms with Crippen molar-refractivity contribution in [2.75, 3.05) is 12.3 Å². The molecule has 1 heterocycles. The van der Waals surface area contributed by atoms with Gasteiger partial charge in [0.2, 0.25) is 0 Å². The molecule has 0 atom stereocenters. The highest BCUT2D eigenvalue weighted by Gasteiger charge is 2.15. The SMILES string of the molecule is CCN(Cc1cccc(N)c1)C(=O)c1ccc(Cl)cn1. The topological polar surface area (TPSA) is 59.2 Å². The van der Waals surface area contributed by atoms with Gasteiger partial charge in [0.1, 0.15) is 5.69 Å². The summed E-state index contributed by atoms with van der Waals surface area (Å²) >= 11 is 5.78. The van der Waals surface area contributed by atoms with E-state index in [4.69, 9.17) is 17.3 Å². The minimum Gasteiger partial charge on any atom is -0.399 e. The van der Waals surface area contributed by atoms with Crippen molar-refractivity contribution >= 4 is 23.2 Å². The van der Waals surface area contributed by atoms with Crippen LogP contribution < -0.4 is 5.73 Å². The maximum Gasteiger partial charge on any atom is 0.272 e. The Morgan fingerprint density at radius 3 is 2.75 bits per heavy atom. The summed E-state index contributed by atoms with van der Waals surface area (Å²) in [6, 6.07) is 10.8. The van der Waals surface area contributed by atoms with Crippen molar-refractivity contribution in [3.05, 3.63) is 58.9 Å². The van der Waals surface area contributed by atoms with E-state index in [0.717, 1.165) is 5.56 Å². The van der Waals surface area contributed by atoms with Crippen LogP contribution in [0, 0.1) is 0 Å². The summed E-state index contributed by atoms with van der Waals surface area (Å²) in [5.74, 6) is -0.119. The van der Waals surface area contributed by atoms with Gasteiger partial charge in [0, 0.05) is 25.0 Å². The molecule has 4 nitrogen and oxygen atoms in total. The number of carbonyl (C=O) groups is 1. The second kappa shape index (κ2) is 6.39. The van der Waals surface area contributed by atoms with Crippen molar-refractivity contribution < 1.29 is 4.79 Å². The van der Waals surface area contributed by atoms with Gasteiger partial charge in [-0.1, -0.05) is 23.7 Å². The molecule has 0 aliphatic heterocycles. The van der Waals surface area contributed by atoms with Crippen molar-refractivity contribution in [1.82, 2.24) is 9.88 Å². The highest BCUT2D eigenvalue weighted by molar-refractivity contribution is 6.30. The standard InChI is InChI=1S/C15H16ClN3O/c1-2-19(10-11-4-3-5-13(17)8-11)15(20)14-7-6-12(16)9-18-14/h3-9H,2,10,17H2,1H3. The molecule has 0 saturated heterocycles. The molecule has 2 rings (SSSR count). The Hall–Kier alpha value is -2.07. The van der Waals surface area contributed by atoms with Gasteiger partial charge in [-0.2, -0.15) is 0 Å². The van der Waals surface area contributed by atoms with E-state index in [9.17, 15) is 4.79 Å². The minimum atomic E-state index is -0.119. The van der Waals surface area contributed by atoms with Gasteiger partial charge in [0.05, 0.1) is 5.02 Å². The lowest BCUT2D eigenvalue weighted by Gasteiger charge is -2.20. The number of nitrogen functional groups attached to an aromatic ring is 1. The van der Waals surface area contributed by atoms with Crippen LogP contribution in [0.4, 0.5) is 5.69 Å². The number of nitrogens with zero attached hydrogens (tertiary/aromatic N) is 2. The largest absolute Gasteiger partial charge is 0.399 e. The predicted octanol–water partition coefficient (Wildman–Crippen LogP) is 2.98. The van der Waals surface area contributed by atoms with Crippen LogP contribution in [-0.2, 0) is 6.54 Å². The number of aromatic nitrogens is 1. The molecule has 2 N–H and O–H groups in total. The van der Waals surface area contributed by atoms with Gasteiger partial charge < -0.3 is 10.6 Å². The molecule has 0 aliphatic carbocycles. The number of halogens is 1. The molecule has 0 unspecified atom stereocenters. The highest BCUT2D eigenvalue weighted by atomic mass is 35.5. The summed E-state index contributed by atoms with van der Waals surface area (Å²) in [6.45, 7) is 3.03. The third-order valence-electron chi connectivity index (χ3n) is 2.94. The lowest BCUT2D eigenvalue weighted by atomic mass is 10.2. The lowest BCUT2D eigenvalue weighted by molar-refractivity contribution is 0.0746. The van der Waals surface area contributed by atoms with E-state index in [1.165, 1.54) is 6.20 Å². The first-order chi connectivity index (χ1) is 9.60. The number of benzene rings is 1. The number of nitrogens with two attached hydrogens (primary N) is 1. The third-order valence-corrected chi connectivity index (χ3v) is 3.16. The van der Waals surface area contributed by atoms with Crippen molar-refractivity contribution in [3.8, 4) is 0 Å². The average molecular weight is 290 g/mol. The fourth-order valence-corrected chi connectivity index (χ4v) is 2.02. The van der Waals surface area contributed by atoms with Crippen molar-refractivity contribution in [3.63, 3.8) is 0 Å². The molecule has 0 saturated carbocycles. The summed E-state index contributed by atoms with van der Waals surface area (Å²) < 4.78 is 0. The van der Waals surface area contributed by atoms with Crippen LogP contribution in [0.1, 0.15) is 23.0 Å². The molecule has 104 valence electrons. The molecule has 0 bridgehead atoms. The molecule has 0 fully saturated rings. The number of hydrogen-bond donors (Lipinski definition) is 1. The summed E-state index contributed by atoms with van der Waals surface area (Å²) in [7, 11) is 0. The average Bonchev–Trinajstić information content (AvgIpc) is 2.45. The minimum absolute atomic E-state index is 0.119. The van der Waals surface area contributed by atoms with E-state index < -0.39 is 0 Å². The third kappa shape index (κ3) is 3.48. The summed E-state index contributed by atoms with van der Waals surface area (Å²) in [5, 5.41) is 0.514. The summed E-state index contributed by atoms with van der Waals surface area (Å²) in [4.78, 5) is 18.1.